The average Bonchev–Trinajstić information content (AvgIpc) is 3.17. The van der Waals surface area contributed by atoms with Crippen molar-refractivity contribution in [3.05, 3.63) is 49.0 Å². The van der Waals surface area contributed by atoms with Gasteiger partial charge in [0.2, 0.25) is 0 Å². The van der Waals surface area contributed by atoms with Crippen LogP contribution >= 0.6 is 22.7 Å². The molecule has 3 heterocycles. The lowest BCUT2D eigenvalue weighted by Crippen LogP contribution is -2.46. The molecule has 1 aliphatic heterocycles. The Morgan fingerprint density at radius 3 is 2.87 bits per heavy atom. The number of hydrogen-bond acceptors (Lipinski definition) is 6. The molecule has 0 saturated heterocycles. The van der Waals surface area contributed by atoms with Crippen LogP contribution in [0, 0.1) is 10.1 Å². The number of hydrogen-bond donors (Lipinski definition) is 1. The van der Waals surface area contributed by atoms with E-state index in [0.717, 1.165) is 23.3 Å². The Morgan fingerprint density at radius 2 is 2.17 bits per heavy atom. The van der Waals surface area contributed by atoms with E-state index in [4.69, 9.17) is 0 Å². The van der Waals surface area contributed by atoms with Gasteiger partial charge < -0.3 is 4.90 Å². The largest absolute Gasteiger partial charge is 0.324 e. The third kappa shape index (κ3) is 2.97. The lowest BCUT2D eigenvalue weighted by molar-refractivity contribution is -0.380. The van der Waals surface area contributed by atoms with Gasteiger partial charge in [0.1, 0.15) is 0 Å². The molecule has 2 aromatic heterocycles. The smallest absolute Gasteiger partial charge is 0.317 e. The molecule has 0 bridgehead atoms. The van der Waals surface area contributed by atoms with Gasteiger partial charge in [0.05, 0.1) is 15.8 Å². The zero-order valence-corrected chi connectivity index (χ0v) is 13.8. The monoisotopic (exact) mass is 351 g/mol. The van der Waals surface area contributed by atoms with Gasteiger partial charge in [-0.15, -0.1) is 11.3 Å². The number of urea groups is 1. The second-order valence-electron chi connectivity index (χ2n) is 5.07. The standard InChI is InChI=1S/C14H13N3O4S2/c1-8-9-5-7-22-10(9)4-6-16(8)14(19)15-13(18)11-2-3-12(23-11)17(20)21/h2-3,5,7-8H,4,6H2,1H3,(H,15,18,19)/t8-/m1/s1. The molecule has 2 aromatic rings. The van der Waals surface area contributed by atoms with Crippen molar-refractivity contribution in [1.29, 1.82) is 0 Å². The number of rotatable bonds is 2. The van der Waals surface area contributed by atoms with Crippen LogP contribution in [-0.2, 0) is 6.42 Å². The van der Waals surface area contributed by atoms with Crippen molar-refractivity contribution in [1.82, 2.24) is 10.2 Å². The third-order valence-electron chi connectivity index (χ3n) is 3.75. The first kappa shape index (κ1) is 15.6. The number of nitro groups is 1. The maximum Gasteiger partial charge on any atom is 0.324 e. The average molecular weight is 351 g/mol. The Labute approximate surface area is 139 Å². The van der Waals surface area contributed by atoms with E-state index < -0.39 is 16.9 Å². The Bertz CT molecular complexity index is 783. The maximum absolute atomic E-state index is 12.3. The fourth-order valence-electron chi connectivity index (χ4n) is 2.57. The van der Waals surface area contributed by atoms with Crippen molar-refractivity contribution < 1.29 is 14.5 Å². The zero-order chi connectivity index (χ0) is 16.6. The van der Waals surface area contributed by atoms with E-state index in [0.29, 0.717) is 6.54 Å². The highest BCUT2D eigenvalue weighted by atomic mass is 32.1. The number of thiophene rings is 2. The molecule has 23 heavy (non-hydrogen) atoms. The summed E-state index contributed by atoms with van der Waals surface area (Å²) in [6, 6.07) is 4.02. The van der Waals surface area contributed by atoms with Gasteiger partial charge in [-0.1, -0.05) is 11.3 Å². The summed E-state index contributed by atoms with van der Waals surface area (Å²) >= 11 is 2.42. The number of carbonyl (C=O) groups is 2. The van der Waals surface area contributed by atoms with Gasteiger partial charge in [-0.3, -0.25) is 20.2 Å². The second kappa shape index (κ2) is 6.09. The van der Waals surface area contributed by atoms with Gasteiger partial charge in [-0.05, 0) is 36.4 Å². The van der Waals surface area contributed by atoms with Gasteiger partial charge >= 0.3 is 11.0 Å². The number of nitrogens with one attached hydrogen (secondary N) is 1. The Hall–Kier alpha value is -2.26. The van der Waals surface area contributed by atoms with Crippen LogP contribution in [-0.4, -0.2) is 28.3 Å². The summed E-state index contributed by atoms with van der Waals surface area (Å²) in [6.07, 6.45) is 0.767. The van der Waals surface area contributed by atoms with Crippen LogP contribution in [0.3, 0.4) is 0 Å². The molecule has 0 unspecified atom stereocenters. The third-order valence-corrected chi connectivity index (χ3v) is 5.79. The van der Waals surface area contributed by atoms with Crippen LogP contribution < -0.4 is 5.32 Å². The highest BCUT2D eigenvalue weighted by Crippen LogP contribution is 2.32. The molecule has 0 spiro atoms. The summed E-state index contributed by atoms with van der Waals surface area (Å²) < 4.78 is 0. The van der Waals surface area contributed by atoms with E-state index in [1.165, 1.54) is 17.0 Å². The first-order valence-electron chi connectivity index (χ1n) is 6.90. The van der Waals surface area contributed by atoms with Crippen LogP contribution in [0.15, 0.2) is 23.6 Å². The van der Waals surface area contributed by atoms with Crippen LogP contribution in [0.2, 0.25) is 0 Å². The van der Waals surface area contributed by atoms with Crippen molar-refractivity contribution in [3.63, 3.8) is 0 Å². The van der Waals surface area contributed by atoms with Gasteiger partial charge in [-0.2, -0.15) is 0 Å². The van der Waals surface area contributed by atoms with Crippen LogP contribution in [0.1, 0.15) is 33.1 Å². The number of amides is 3. The topological polar surface area (TPSA) is 92.6 Å². The zero-order valence-electron chi connectivity index (χ0n) is 12.1. The lowest BCUT2D eigenvalue weighted by Gasteiger charge is -2.33. The van der Waals surface area contributed by atoms with E-state index in [1.54, 1.807) is 16.2 Å². The van der Waals surface area contributed by atoms with Crippen molar-refractivity contribution >= 4 is 39.6 Å². The summed E-state index contributed by atoms with van der Waals surface area (Å²) in [7, 11) is 0. The molecule has 120 valence electrons. The van der Waals surface area contributed by atoms with Crippen molar-refractivity contribution in [3.8, 4) is 0 Å². The molecule has 0 fully saturated rings. The van der Waals surface area contributed by atoms with E-state index in [1.807, 2.05) is 18.4 Å². The molecule has 0 radical (unpaired) electrons. The van der Waals surface area contributed by atoms with Gasteiger partial charge in [0.25, 0.3) is 5.91 Å². The quantitative estimate of drug-likeness (QED) is 0.664. The fourth-order valence-corrected chi connectivity index (χ4v) is 4.24. The number of fused-ring (bicyclic) bond motifs is 1. The molecular weight excluding hydrogens is 338 g/mol. The van der Waals surface area contributed by atoms with Crippen molar-refractivity contribution in [2.75, 3.05) is 6.54 Å². The predicted molar refractivity (Wildman–Crippen MR) is 87.0 cm³/mol. The van der Waals surface area contributed by atoms with Crippen LogP contribution in [0.25, 0.3) is 0 Å². The minimum Gasteiger partial charge on any atom is -0.317 e. The summed E-state index contributed by atoms with van der Waals surface area (Å²) in [5.74, 6) is -0.614. The lowest BCUT2D eigenvalue weighted by atomic mass is 10.0. The molecule has 3 amide bonds. The van der Waals surface area contributed by atoms with E-state index >= 15 is 0 Å². The van der Waals surface area contributed by atoms with Crippen molar-refractivity contribution in [2.24, 2.45) is 0 Å². The Morgan fingerprint density at radius 1 is 1.39 bits per heavy atom. The first-order valence-corrected chi connectivity index (χ1v) is 8.59. The van der Waals surface area contributed by atoms with Crippen molar-refractivity contribution in [2.45, 2.75) is 19.4 Å². The molecule has 1 N–H and O–H groups in total. The first-order chi connectivity index (χ1) is 11.0. The molecule has 0 saturated carbocycles. The summed E-state index contributed by atoms with van der Waals surface area (Å²) in [4.78, 5) is 37.5. The highest BCUT2D eigenvalue weighted by Gasteiger charge is 2.29. The number of imide groups is 1. The summed E-state index contributed by atoms with van der Waals surface area (Å²) in [5.41, 5.74) is 1.11. The minimum absolute atomic E-state index is 0.101. The molecule has 0 aromatic carbocycles. The molecule has 9 heteroatoms. The van der Waals surface area contributed by atoms with E-state index in [-0.39, 0.29) is 15.9 Å². The fraction of sp³-hybridized carbons (Fsp3) is 0.286. The number of carbonyl (C=O) groups excluding carboxylic acids is 2. The molecule has 0 aliphatic carbocycles. The summed E-state index contributed by atoms with van der Waals surface area (Å²) in [5, 5.41) is 14.8. The Balaban J connectivity index is 1.69. The Kier molecular flexibility index (Phi) is 4.14. The highest BCUT2D eigenvalue weighted by molar-refractivity contribution is 7.17. The predicted octanol–water partition coefficient (Wildman–Crippen LogP) is 3.19. The normalized spacial score (nSPS) is 16.7. The number of nitrogens with zero attached hydrogens (tertiary/aromatic N) is 2. The molecule has 7 nitrogen and oxygen atoms in total. The maximum atomic E-state index is 12.3. The molecule has 1 aliphatic rings. The minimum atomic E-state index is -0.614. The van der Waals surface area contributed by atoms with Crippen LogP contribution in [0.5, 0.6) is 0 Å². The van der Waals surface area contributed by atoms with Gasteiger partial charge in [-0.25, -0.2) is 4.79 Å². The van der Waals surface area contributed by atoms with Gasteiger partial charge in [0.15, 0.2) is 0 Å². The van der Waals surface area contributed by atoms with E-state index in [2.05, 4.69) is 5.32 Å². The SMILES string of the molecule is C[C@@H]1c2ccsc2CCN1C(=O)NC(=O)c1ccc([N+](=O)[O-])s1. The second-order valence-corrected chi connectivity index (χ2v) is 7.14. The summed E-state index contributed by atoms with van der Waals surface area (Å²) in [6.45, 7) is 2.46. The van der Waals surface area contributed by atoms with E-state index in [9.17, 15) is 19.7 Å². The van der Waals surface area contributed by atoms with Crippen LogP contribution in [0.4, 0.5) is 9.80 Å². The molecule has 3 rings (SSSR count). The molecule has 1 atom stereocenters. The molecular formula is C14H13N3O4S2. The van der Waals surface area contributed by atoms with Gasteiger partial charge in [0, 0.05) is 17.5 Å².